The summed E-state index contributed by atoms with van der Waals surface area (Å²) in [6, 6.07) is 6.83. The molecule has 2 N–H and O–H groups in total. The number of nitrogens with zero attached hydrogens (tertiary/aromatic N) is 2. The fraction of sp³-hybridized carbons (Fsp3) is 0.450. The zero-order chi connectivity index (χ0) is 23.3. The number of nitrogens with one attached hydrogen (secondary N) is 2. The fourth-order valence-electron chi connectivity index (χ4n) is 3.24. The maximum absolute atomic E-state index is 12.6. The molecular formula is C20H26N4O7S. The van der Waals surface area contributed by atoms with E-state index in [-0.39, 0.29) is 23.9 Å². The Balaban J connectivity index is 1.81. The van der Waals surface area contributed by atoms with Gasteiger partial charge in [0.2, 0.25) is 0 Å². The maximum Gasteiger partial charge on any atom is 0.314 e. The van der Waals surface area contributed by atoms with E-state index in [0.717, 1.165) is 0 Å². The Kier molecular flexibility index (Phi) is 7.48. The van der Waals surface area contributed by atoms with Crippen molar-refractivity contribution in [3.05, 3.63) is 35.5 Å². The highest BCUT2D eigenvalue weighted by Crippen LogP contribution is 2.33. The van der Waals surface area contributed by atoms with Crippen molar-refractivity contribution in [2.24, 2.45) is 0 Å². The number of methoxy groups -OCH3 is 1. The summed E-state index contributed by atoms with van der Waals surface area (Å²) < 4.78 is 41.4. The Morgan fingerprint density at radius 1 is 1.09 bits per heavy atom. The Bertz CT molecular complexity index is 1070. The number of sulfone groups is 1. The predicted molar refractivity (Wildman–Crippen MR) is 115 cm³/mol. The van der Waals surface area contributed by atoms with Gasteiger partial charge >= 0.3 is 11.8 Å². The van der Waals surface area contributed by atoms with E-state index in [4.69, 9.17) is 14.2 Å². The van der Waals surface area contributed by atoms with Crippen molar-refractivity contribution in [1.82, 2.24) is 15.1 Å². The first kappa shape index (κ1) is 23.7. The second kappa shape index (κ2) is 10.1. The minimum Gasteiger partial charge on any atom is -0.497 e. The average Bonchev–Trinajstić information content (AvgIpc) is 3.24. The molecule has 0 radical (unpaired) electrons. The first-order chi connectivity index (χ1) is 15.3. The van der Waals surface area contributed by atoms with E-state index in [0.29, 0.717) is 35.9 Å². The number of amides is 2. The lowest BCUT2D eigenvalue weighted by Crippen LogP contribution is -2.41. The maximum atomic E-state index is 12.6. The van der Waals surface area contributed by atoms with Gasteiger partial charge in [-0.15, -0.1) is 0 Å². The van der Waals surface area contributed by atoms with Gasteiger partial charge in [0.05, 0.1) is 36.5 Å². The standard InChI is InChI=1S/C20H26N4O7S/c1-4-30-17(31-5-2)10-21-19(25)20(26)22-18-15-11-32(27,28)12-16(15)23-24(18)13-6-8-14(29-3)9-7-13/h6-9,17H,4-5,10-12H2,1-3H3,(H,21,25)(H,22,26). The van der Waals surface area contributed by atoms with Crippen LogP contribution in [-0.2, 0) is 40.4 Å². The van der Waals surface area contributed by atoms with Crippen LogP contribution in [0, 0.1) is 0 Å². The van der Waals surface area contributed by atoms with Gasteiger partial charge in [-0.25, -0.2) is 13.1 Å². The minimum atomic E-state index is -3.37. The van der Waals surface area contributed by atoms with Crippen LogP contribution in [0.5, 0.6) is 5.75 Å². The monoisotopic (exact) mass is 466 g/mol. The molecule has 1 aliphatic heterocycles. The molecule has 0 saturated heterocycles. The molecule has 32 heavy (non-hydrogen) atoms. The van der Waals surface area contributed by atoms with Gasteiger partial charge in [0.25, 0.3) is 0 Å². The Hall–Kier alpha value is -2.96. The molecule has 2 heterocycles. The third-order valence-corrected chi connectivity index (χ3v) is 6.12. The lowest BCUT2D eigenvalue weighted by atomic mass is 10.2. The number of aromatic nitrogens is 2. The summed E-state index contributed by atoms with van der Waals surface area (Å²) in [5.74, 6) is -1.61. The van der Waals surface area contributed by atoms with E-state index in [9.17, 15) is 18.0 Å². The van der Waals surface area contributed by atoms with E-state index >= 15 is 0 Å². The lowest BCUT2D eigenvalue weighted by molar-refractivity contribution is -0.145. The summed E-state index contributed by atoms with van der Waals surface area (Å²) >= 11 is 0. The Morgan fingerprint density at radius 2 is 1.75 bits per heavy atom. The fourth-order valence-corrected chi connectivity index (χ4v) is 4.73. The molecule has 0 fully saturated rings. The summed E-state index contributed by atoms with van der Waals surface area (Å²) in [7, 11) is -1.83. The summed E-state index contributed by atoms with van der Waals surface area (Å²) in [5, 5.41) is 9.33. The Labute approximate surface area is 185 Å². The highest BCUT2D eigenvalue weighted by atomic mass is 32.2. The molecule has 0 bridgehead atoms. The minimum absolute atomic E-state index is 0.0157. The van der Waals surface area contributed by atoms with Gasteiger partial charge in [0.15, 0.2) is 16.1 Å². The summed E-state index contributed by atoms with van der Waals surface area (Å²) in [5.41, 5.74) is 1.27. The molecule has 0 unspecified atom stereocenters. The Morgan fingerprint density at radius 3 is 2.34 bits per heavy atom. The number of rotatable bonds is 9. The van der Waals surface area contributed by atoms with E-state index in [1.807, 2.05) is 0 Å². The summed E-state index contributed by atoms with van der Waals surface area (Å²) in [6.45, 7) is 4.33. The van der Waals surface area contributed by atoms with Crippen LogP contribution in [0.25, 0.3) is 5.69 Å². The number of fused-ring (bicyclic) bond motifs is 1. The lowest BCUT2D eigenvalue weighted by Gasteiger charge is -2.17. The highest BCUT2D eigenvalue weighted by Gasteiger charge is 2.34. The van der Waals surface area contributed by atoms with Gasteiger partial charge in [-0.3, -0.25) is 9.59 Å². The molecular weight excluding hydrogens is 440 g/mol. The van der Waals surface area contributed by atoms with Crippen molar-refractivity contribution in [2.45, 2.75) is 31.6 Å². The van der Waals surface area contributed by atoms with Gasteiger partial charge in [-0.2, -0.15) is 5.10 Å². The number of carbonyl (C=O) groups is 2. The second-order valence-corrected chi connectivity index (χ2v) is 8.98. The van der Waals surface area contributed by atoms with Gasteiger partial charge in [-0.1, -0.05) is 0 Å². The zero-order valence-electron chi connectivity index (χ0n) is 18.1. The molecule has 2 aromatic rings. The smallest absolute Gasteiger partial charge is 0.314 e. The topological polar surface area (TPSA) is 138 Å². The molecule has 1 aromatic heterocycles. The first-order valence-electron chi connectivity index (χ1n) is 10.1. The molecule has 12 heteroatoms. The number of hydrogen-bond acceptors (Lipinski definition) is 8. The van der Waals surface area contributed by atoms with Gasteiger partial charge in [0, 0.05) is 18.8 Å². The van der Waals surface area contributed by atoms with Crippen LogP contribution in [-0.4, -0.2) is 63.2 Å². The van der Waals surface area contributed by atoms with Gasteiger partial charge < -0.3 is 24.8 Å². The molecule has 3 rings (SSSR count). The molecule has 1 aromatic carbocycles. The van der Waals surface area contributed by atoms with Crippen LogP contribution in [0.1, 0.15) is 25.1 Å². The molecule has 0 saturated carbocycles. The number of benzene rings is 1. The second-order valence-electron chi connectivity index (χ2n) is 6.92. The van der Waals surface area contributed by atoms with Crippen molar-refractivity contribution >= 4 is 27.5 Å². The normalized spacial score (nSPS) is 14.2. The van der Waals surface area contributed by atoms with Crippen LogP contribution in [0.15, 0.2) is 24.3 Å². The van der Waals surface area contributed by atoms with Gasteiger partial charge in [-0.05, 0) is 38.1 Å². The van der Waals surface area contributed by atoms with Crippen molar-refractivity contribution in [2.75, 3.05) is 32.2 Å². The van der Waals surface area contributed by atoms with Crippen molar-refractivity contribution in [3.8, 4) is 11.4 Å². The SMILES string of the molecule is CCOC(CNC(=O)C(=O)Nc1c2c(nn1-c1ccc(OC)cc1)CS(=O)(=O)C2)OCC. The number of ether oxygens (including phenoxy) is 3. The highest BCUT2D eigenvalue weighted by molar-refractivity contribution is 7.90. The summed E-state index contributed by atoms with van der Waals surface area (Å²) in [6.07, 6.45) is -0.680. The third kappa shape index (κ3) is 5.44. The molecule has 2 amide bonds. The van der Waals surface area contributed by atoms with Crippen LogP contribution >= 0.6 is 0 Å². The third-order valence-electron chi connectivity index (χ3n) is 4.68. The largest absolute Gasteiger partial charge is 0.497 e. The van der Waals surface area contributed by atoms with Crippen molar-refractivity contribution in [3.63, 3.8) is 0 Å². The number of anilines is 1. The molecule has 11 nitrogen and oxygen atoms in total. The quantitative estimate of drug-likeness (QED) is 0.408. The van der Waals surface area contributed by atoms with E-state index < -0.39 is 27.9 Å². The predicted octanol–water partition coefficient (Wildman–Crippen LogP) is 0.763. The van der Waals surface area contributed by atoms with Gasteiger partial charge in [0.1, 0.15) is 11.6 Å². The average molecular weight is 467 g/mol. The van der Waals surface area contributed by atoms with Crippen LogP contribution in [0.4, 0.5) is 5.82 Å². The van der Waals surface area contributed by atoms with Crippen LogP contribution in [0.3, 0.4) is 0 Å². The van der Waals surface area contributed by atoms with Crippen molar-refractivity contribution in [1.29, 1.82) is 0 Å². The molecule has 174 valence electrons. The number of carbonyl (C=O) groups excluding carboxylic acids is 2. The first-order valence-corrected chi connectivity index (χ1v) is 11.9. The van der Waals surface area contributed by atoms with Crippen LogP contribution in [0.2, 0.25) is 0 Å². The molecule has 1 aliphatic rings. The molecule has 0 atom stereocenters. The van der Waals surface area contributed by atoms with E-state index in [1.54, 1.807) is 38.1 Å². The number of hydrogen-bond donors (Lipinski definition) is 2. The molecule has 0 spiro atoms. The van der Waals surface area contributed by atoms with E-state index in [1.165, 1.54) is 11.8 Å². The zero-order valence-corrected chi connectivity index (χ0v) is 18.9. The van der Waals surface area contributed by atoms with Crippen molar-refractivity contribution < 1.29 is 32.2 Å². The van der Waals surface area contributed by atoms with E-state index in [2.05, 4.69) is 15.7 Å². The molecule has 0 aliphatic carbocycles. The summed E-state index contributed by atoms with van der Waals surface area (Å²) in [4.78, 5) is 24.9. The van der Waals surface area contributed by atoms with Crippen LogP contribution < -0.4 is 15.4 Å².